The Kier molecular flexibility index (Phi) is 8.44. The van der Waals surface area contributed by atoms with Crippen molar-refractivity contribution in [1.82, 2.24) is 10.2 Å². The fourth-order valence-electron chi connectivity index (χ4n) is 3.22. The third-order valence-electron chi connectivity index (χ3n) is 4.63. The molecule has 0 aromatic heterocycles. The standard InChI is InChI=1S/C19H27F2N3O3/c20-19(21)27-16-7-4-14(5-8-16)6-9-18(26)24-12-2-1-3-15(24)13-23-17(25)10-11-22/h4-5,7-8,15,19H,1-3,6,9-13,22H2,(H,23,25). The maximum Gasteiger partial charge on any atom is 0.387 e. The van der Waals surface area contributed by atoms with Crippen molar-refractivity contribution < 1.29 is 23.1 Å². The largest absolute Gasteiger partial charge is 0.435 e. The van der Waals surface area contributed by atoms with Gasteiger partial charge in [0.05, 0.1) is 0 Å². The molecule has 0 aliphatic carbocycles. The summed E-state index contributed by atoms with van der Waals surface area (Å²) in [5, 5.41) is 2.85. The summed E-state index contributed by atoms with van der Waals surface area (Å²) in [4.78, 5) is 26.1. The molecule has 1 aromatic carbocycles. The van der Waals surface area contributed by atoms with Crippen LogP contribution in [-0.4, -0.2) is 49.0 Å². The van der Waals surface area contributed by atoms with Gasteiger partial charge in [0.25, 0.3) is 0 Å². The zero-order valence-electron chi connectivity index (χ0n) is 15.3. The van der Waals surface area contributed by atoms with Gasteiger partial charge in [-0.1, -0.05) is 12.1 Å². The van der Waals surface area contributed by atoms with Gasteiger partial charge >= 0.3 is 6.61 Å². The highest BCUT2D eigenvalue weighted by Gasteiger charge is 2.26. The smallest absolute Gasteiger partial charge is 0.387 e. The number of ether oxygens (including phenoxy) is 1. The minimum absolute atomic E-state index is 0.00907. The highest BCUT2D eigenvalue weighted by Crippen LogP contribution is 2.19. The molecule has 1 saturated heterocycles. The second-order valence-corrected chi connectivity index (χ2v) is 6.60. The number of carbonyl (C=O) groups excluding carboxylic acids is 2. The lowest BCUT2D eigenvalue weighted by atomic mass is 10.0. The van der Waals surface area contributed by atoms with Crippen molar-refractivity contribution in [2.24, 2.45) is 5.73 Å². The normalized spacial score (nSPS) is 17.0. The van der Waals surface area contributed by atoms with Gasteiger partial charge in [-0.05, 0) is 43.4 Å². The SMILES string of the molecule is NCCC(=O)NCC1CCCCN1C(=O)CCc1ccc(OC(F)F)cc1. The molecular weight excluding hydrogens is 356 g/mol. The second kappa shape index (κ2) is 10.8. The highest BCUT2D eigenvalue weighted by atomic mass is 19.3. The number of benzene rings is 1. The fraction of sp³-hybridized carbons (Fsp3) is 0.579. The lowest BCUT2D eigenvalue weighted by Gasteiger charge is -2.36. The Morgan fingerprint density at radius 1 is 1.22 bits per heavy atom. The van der Waals surface area contributed by atoms with Crippen molar-refractivity contribution in [3.05, 3.63) is 29.8 Å². The molecule has 1 fully saturated rings. The van der Waals surface area contributed by atoms with Crippen LogP contribution in [0.25, 0.3) is 0 Å². The van der Waals surface area contributed by atoms with Crippen LogP contribution in [0.5, 0.6) is 5.75 Å². The zero-order chi connectivity index (χ0) is 19.6. The summed E-state index contributed by atoms with van der Waals surface area (Å²) in [6, 6.07) is 6.33. The Bertz CT molecular complexity index is 611. The Morgan fingerprint density at radius 3 is 2.63 bits per heavy atom. The summed E-state index contributed by atoms with van der Waals surface area (Å²) in [5.41, 5.74) is 6.26. The summed E-state index contributed by atoms with van der Waals surface area (Å²) in [5.74, 6) is 0.0478. The Morgan fingerprint density at radius 2 is 1.96 bits per heavy atom. The lowest BCUT2D eigenvalue weighted by Crippen LogP contribution is -2.49. The quantitative estimate of drug-likeness (QED) is 0.684. The molecule has 1 unspecified atom stereocenters. The average Bonchev–Trinajstić information content (AvgIpc) is 2.65. The Hall–Kier alpha value is -2.22. The molecule has 8 heteroatoms. The summed E-state index contributed by atoms with van der Waals surface area (Å²) < 4.78 is 28.7. The number of amides is 2. The average molecular weight is 383 g/mol. The summed E-state index contributed by atoms with van der Waals surface area (Å²) in [7, 11) is 0. The molecule has 6 nitrogen and oxygen atoms in total. The molecule has 3 N–H and O–H groups in total. The van der Waals surface area contributed by atoms with Crippen LogP contribution in [0.1, 0.15) is 37.7 Å². The first-order chi connectivity index (χ1) is 13.0. The van der Waals surface area contributed by atoms with Gasteiger partial charge in [0.2, 0.25) is 11.8 Å². The molecule has 1 aliphatic rings. The number of carbonyl (C=O) groups is 2. The molecule has 0 bridgehead atoms. The lowest BCUT2D eigenvalue weighted by molar-refractivity contribution is -0.135. The van der Waals surface area contributed by atoms with Gasteiger partial charge in [-0.2, -0.15) is 8.78 Å². The van der Waals surface area contributed by atoms with E-state index in [1.807, 2.05) is 4.90 Å². The number of piperidine rings is 1. The zero-order valence-corrected chi connectivity index (χ0v) is 15.3. The minimum atomic E-state index is -2.85. The van der Waals surface area contributed by atoms with Crippen molar-refractivity contribution in [1.29, 1.82) is 0 Å². The third kappa shape index (κ3) is 7.13. The van der Waals surface area contributed by atoms with Crippen LogP contribution in [0.15, 0.2) is 24.3 Å². The minimum Gasteiger partial charge on any atom is -0.435 e. The van der Waals surface area contributed by atoms with Gasteiger partial charge in [-0.3, -0.25) is 9.59 Å². The van der Waals surface area contributed by atoms with E-state index in [1.54, 1.807) is 12.1 Å². The first-order valence-corrected chi connectivity index (χ1v) is 9.29. The van der Waals surface area contributed by atoms with Crippen LogP contribution in [0.2, 0.25) is 0 Å². The summed E-state index contributed by atoms with van der Waals surface area (Å²) in [6.45, 7) is -1.40. The predicted molar refractivity (Wildman–Crippen MR) is 97.4 cm³/mol. The highest BCUT2D eigenvalue weighted by molar-refractivity contribution is 5.78. The number of alkyl halides is 2. The van der Waals surface area contributed by atoms with Gasteiger partial charge in [0, 0.05) is 38.5 Å². The van der Waals surface area contributed by atoms with Gasteiger partial charge in [-0.15, -0.1) is 0 Å². The molecule has 27 heavy (non-hydrogen) atoms. The van der Waals surface area contributed by atoms with Crippen molar-refractivity contribution in [3.63, 3.8) is 0 Å². The van der Waals surface area contributed by atoms with Crippen LogP contribution >= 0.6 is 0 Å². The first-order valence-electron chi connectivity index (χ1n) is 9.29. The van der Waals surface area contributed by atoms with E-state index in [2.05, 4.69) is 10.1 Å². The number of rotatable bonds is 9. The maximum absolute atomic E-state index is 12.6. The van der Waals surface area contributed by atoms with Crippen LogP contribution in [0, 0.1) is 0 Å². The number of nitrogens with one attached hydrogen (secondary N) is 1. The van der Waals surface area contributed by atoms with Gasteiger partial charge < -0.3 is 20.7 Å². The van der Waals surface area contributed by atoms with Crippen LogP contribution in [0.3, 0.4) is 0 Å². The maximum atomic E-state index is 12.6. The summed E-state index contributed by atoms with van der Waals surface area (Å²) in [6.07, 6.45) is 4.00. The number of aryl methyl sites for hydroxylation is 1. The molecule has 0 spiro atoms. The predicted octanol–water partition coefficient (Wildman–Crippen LogP) is 2.07. The van der Waals surface area contributed by atoms with Crippen molar-refractivity contribution in [3.8, 4) is 5.75 Å². The Labute approximate surface area is 158 Å². The molecule has 2 rings (SSSR count). The molecular formula is C19H27F2N3O3. The van der Waals surface area contributed by atoms with E-state index < -0.39 is 6.61 Å². The van der Waals surface area contributed by atoms with Gasteiger partial charge in [-0.25, -0.2) is 0 Å². The fourth-order valence-corrected chi connectivity index (χ4v) is 3.22. The van der Waals surface area contributed by atoms with Crippen molar-refractivity contribution >= 4 is 11.8 Å². The number of hydrogen-bond acceptors (Lipinski definition) is 4. The van der Waals surface area contributed by atoms with Crippen LogP contribution < -0.4 is 15.8 Å². The molecule has 0 saturated carbocycles. The molecule has 2 amide bonds. The van der Waals surface area contributed by atoms with E-state index in [1.165, 1.54) is 12.1 Å². The topological polar surface area (TPSA) is 84.7 Å². The van der Waals surface area contributed by atoms with Crippen molar-refractivity contribution in [2.75, 3.05) is 19.6 Å². The number of likely N-dealkylation sites (tertiary alicyclic amines) is 1. The monoisotopic (exact) mass is 383 g/mol. The van der Waals surface area contributed by atoms with E-state index in [0.29, 0.717) is 32.5 Å². The molecule has 150 valence electrons. The second-order valence-electron chi connectivity index (χ2n) is 6.60. The number of nitrogens with two attached hydrogens (primary N) is 1. The molecule has 1 aromatic rings. The molecule has 1 atom stereocenters. The van der Waals surface area contributed by atoms with Gasteiger partial charge in [0.15, 0.2) is 0 Å². The molecule has 0 radical (unpaired) electrons. The number of halogens is 2. The van der Waals surface area contributed by atoms with Crippen molar-refractivity contribution in [2.45, 2.75) is 51.2 Å². The number of hydrogen-bond donors (Lipinski definition) is 2. The molecule has 1 aliphatic heterocycles. The Balaban J connectivity index is 1.84. The molecule has 1 heterocycles. The van der Waals surface area contributed by atoms with E-state index in [0.717, 1.165) is 24.8 Å². The third-order valence-corrected chi connectivity index (χ3v) is 4.63. The van der Waals surface area contributed by atoms with E-state index in [4.69, 9.17) is 5.73 Å². The van der Waals surface area contributed by atoms with Gasteiger partial charge in [0.1, 0.15) is 5.75 Å². The van der Waals surface area contributed by atoms with E-state index >= 15 is 0 Å². The van der Waals surface area contributed by atoms with Crippen LogP contribution in [-0.2, 0) is 16.0 Å². The summed E-state index contributed by atoms with van der Waals surface area (Å²) >= 11 is 0. The first kappa shape index (κ1) is 21.1. The van der Waals surface area contributed by atoms with Crippen LogP contribution in [0.4, 0.5) is 8.78 Å². The van der Waals surface area contributed by atoms with E-state index in [9.17, 15) is 18.4 Å². The number of nitrogens with zero attached hydrogens (tertiary/aromatic N) is 1. The van der Waals surface area contributed by atoms with E-state index in [-0.39, 0.29) is 30.0 Å².